The molecule has 0 amide bonds. The van der Waals surface area contributed by atoms with Gasteiger partial charge < -0.3 is 5.21 Å². The Hall–Kier alpha value is -2.03. The summed E-state index contributed by atoms with van der Waals surface area (Å²) in [4.78, 5) is -0.0666. The molecule has 0 unspecified atom stereocenters. The van der Waals surface area contributed by atoms with Crippen molar-refractivity contribution in [2.24, 2.45) is 0 Å². The van der Waals surface area contributed by atoms with Crippen molar-refractivity contribution >= 4 is 16.2 Å². The molecule has 0 aromatic heterocycles. The third kappa shape index (κ3) is 8.93. The van der Waals surface area contributed by atoms with Gasteiger partial charge in [-0.05, 0) is 71.6 Å². The van der Waals surface area contributed by atoms with Gasteiger partial charge in [0.05, 0.1) is 4.90 Å². The Balaban J connectivity index is 0.000000237. The summed E-state index contributed by atoms with van der Waals surface area (Å²) < 4.78 is 29.6. The zero-order valence-corrected chi connectivity index (χ0v) is 20.0. The van der Waals surface area contributed by atoms with E-state index in [2.05, 4.69) is 39.9 Å². The van der Waals surface area contributed by atoms with Crippen LogP contribution in [0.1, 0.15) is 58.1 Å². The Morgan fingerprint density at radius 3 is 1.77 bits per heavy atom. The standard InChI is InChI=1S/C9H20N2O.C8H8.C7H8O3S/c1-8(2)6-5-7-9(3,4)11(8)10-12;1-2-8-6-4-3-5-7-8;1-6-2-4-7(5-3-6)11(8,9)10/h10,12H,5-7H2,1-4H3;2-7H,1H2;2-5H,1H3,(H,8,9,10). The third-order valence-electron chi connectivity index (χ3n) is 5.24. The van der Waals surface area contributed by atoms with Crippen molar-refractivity contribution in [3.63, 3.8) is 0 Å². The minimum Gasteiger partial charge on any atom is -0.302 e. The van der Waals surface area contributed by atoms with Gasteiger partial charge in [0.25, 0.3) is 10.1 Å². The molecule has 0 atom stereocenters. The van der Waals surface area contributed by atoms with Gasteiger partial charge in [-0.25, -0.2) is 5.01 Å². The quantitative estimate of drug-likeness (QED) is 0.425. The summed E-state index contributed by atoms with van der Waals surface area (Å²) in [7, 11) is -4.02. The first-order valence-corrected chi connectivity index (χ1v) is 11.7. The number of piperidine rings is 1. The zero-order chi connectivity index (χ0) is 23.7. The van der Waals surface area contributed by atoms with E-state index in [4.69, 9.17) is 9.76 Å². The number of benzene rings is 2. The van der Waals surface area contributed by atoms with Crippen LogP contribution in [-0.2, 0) is 10.1 Å². The maximum atomic E-state index is 10.5. The fourth-order valence-electron chi connectivity index (χ4n) is 3.57. The summed E-state index contributed by atoms with van der Waals surface area (Å²) in [5.74, 6) is 0. The van der Waals surface area contributed by atoms with Crippen molar-refractivity contribution in [2.75, 3.05) is 0 Å². The van der Waals surface area contributed by atoms with Gasteiger partial charge in [0, 0.05) is 11.1 Å². The van der Waals surface area contributed by atoms with E-state index >= 15 is 0 Å². The van der Waals surface area contributed by atoms with Crippen molar-refractivity contribution in [1.82, 2.24) is 10.6 Å². The van der Waals surface area contributed by atoms with E-state index in [-0.39, 0.29) is 16.0 Å². The SMILES string of the molecule is C=Cc1ccccc1.CC1(C)CCCC(C)(C)N1NO.Cc1ccc(S(=O)(=O)O)cc1. The molecular weight excluding hydrogens is 412 g/mol. The monoisotopic (exact) mass is 448 g/mol. The molecule has 1 heterocycles. The number of aryl methyl sites for hydroxylation is 1. The van der Waals surface area contributed by atoms with E-state index in [0.717, 1.165) is 18.4 Å². The van der Waals surface area contributed by atoms with Crippen molar-refractivity contribution in [2.45, 2.75) is 69.9 Å². The molecule has 3 rings (SSSR count). The molecule has 7 heteroatoms. The molecule has 172 valence electrons. The second kappa shape index (κ2) is 11.5. The normalized spacial score (nSPS) is 17.4. The lowest BCUT2D eigenvalue weighted by Gasteiger charge is -2.51. The lowest BCUT2D eigenvalue weighted by molar-refractivity contribution is -0.158. The van der Waals surface area contributed by atoms with Crippen molar-refractivity contribution in [3.05, 3.63) is 72.3 Å². The van der Waals surface area contributed by atoms with Crippen LogP contribution in [0.2, 0.25) is 0 Å². The second-order valence-electron chi connectivity index (χ2n) is 8.82. The summed E-state index contributed by atoms with van der Waals surface area (Å²) in [5.41, 5.74) is 4.55. The van der Waals surface area contributed by atoms with Crippen molar-refractivity contribution in [1.29, 1.82) is 0 Å². The third-order valence-corrected chi connectivity index (χ3v) is 6.11. The number of nitrogens with zero attached hydrogens (tertiary/aromatic N) is 1. The Bertz CT molecular complexity index is 892. The highest BCUT2D eigenvalue weighted by molar-refractivity contribution is 7.85. The Morgan fingerprint density at radius 2 is 1.45 bits per heavy atom. The van der Waals surface area contributed by atoms with Crippen LogP contribution in [0.5, 0.6) is 0 Å². The summed E-state index contributed by atoms with van der Waals surface area (Å²) in [6.07, 6.45) is 5.33. The average Bonchev–Trinajstić information content (AvgIpc) is 2.68. The molecule has 2 aromatic rings. The summed E-state index contributed by atoms with van der Waals surface area (Å²) in [6.45, 7) is 14.1. The van der Waals surface area contributed by atoms with Gasteiger partial charge in [-0.15, -0.1) is 5.59 Å². The first-order chi connectivity index (χ1) is 14.3. The van der Waals surface area contributed by atoms with E-state index in [0.29, 0.717) is 0 Å². The zero-order valence-electron chi connectivity index (χ0n) is 19.2. The van der Waals surface area contributed by atoms with Crippen LogP contribution in [0, 0.1) is 6.92 Å². The van der Waals surface area contributed by atoms with Crippen LogP contribution < -0.4 is 5.59 Å². The van der Waals surface area contributed by atoms with E-state index < -0.39 is 10.1 Å². The lowest BCUT2D eigenvalue weighted by Crippen LogP contribution is -2.63. The molecule has 1 aliphatic heterocycles. The molecule has 31 heavy (non-hydrogen) atoms. The predicted octanol–water partition coefficient (Wildman–Crippen LogP) is 5.49. The molecule has 3 N–H and O–H groups in total. The molecule has 0 aliphatic carbocycles. The highest BCUT2D eigenvalue weighted by Crippen LogP contribution is 2.35. The fourth-order valence-corrected chi connectivity index (χ4v) is 4.05. The molecule has 0 saturated carbocycles. The largest absolute Gasteiger partial charge is 0.302 e. The van der Waals surface area contributed by atoms with Gasteiger partial charge in [-0.3, -0.25) is 4.55 Å². The smallest absolute Gasteiger partial charge is 0.294 e. The van der Waals surface area contributed by atoms with E-state index in [9.17, 15) is 8.42 Å². The molecule has 1 aliphatic rings. The first kappa shape index (κ1) is 27.0. The molecular formula is C24H36N2O4S. The van der Waals surface area contributed by atoms with Crippen LogP contribution in [0.15, 0.2) is 66.1 Å². The minimum atomic E-state index is -4.02. The minimum absolute atomic E-state index is 0.0521. The summed E-state index contributed by atoms with van der Waals surface area (Å²) >= 11 is 0. The van der Waals surface area contributed by atoms with Crippen LogP contribution in [-0.4, -0.2) is 34.3 Å². The average molecular weight is 449 g/mol. The maximum absolute atomic E-state index is 10.5. The molecule has 0 bridgehead atoms. The fraction of sp³-hybridized carbons (Fsp3) is 0.417. The van der Waals surface area contributed by atoms with Gasteiger partial charge in [-0.1, -0.05) is 60.7 Å². The number of hydrogen-bond donors (Lipinski definition) is 3. The van der Waals surface area contributed by atoms with Crippen LogP contribution in [0.3, 0.4) is 0 Å². The topological polar surface area (TPSA) is 89.9 Å². The van der Waals surface area contributed by atoms with E-state index in [1.54, 1.807) is 12.1 Å². The second-order valence-corrected chi connectivity index (χ2v) is 10.2. The van der Waals surface area contributed by atoms with E-state index in [1.165, 1.54) is 24.1 Å². The highest BCUT2D eigenvalue weighted by atomic mass is 32.2. The van der Waals surface area contributed by atoms with Crippen LogP contribution >= 0.6 is 0 Å². The molecule has 0 radical (unpaired) electrons. The number of hydrazine groups is 1. The van der Waals surface area contributed by atoms with Gasteiger partial charge in [0.15, 0.2) is 0 Å². The van der Waals surface area contributed by atoms with Gasteiger partial charge >= 0.3 is 0 Å². The van der Waals surface area contributed by atoms with Crippen LogP contribution in [0.25, 0.3) is 6.08 Å². The Labute approximate surface area is 187 Å². The number of nitrogens with one attached hydrogen (secondary N) is 1. The number of hydrogen-bond acceptors (Lipinski definition) is 5. The van der Waals surface area contributed by atoms with Gasteiger partial charge in [-0.2, -0.15) is 8.42 Å². The molecule has 1 saturated heterocycles. The Kier molecular flexibility index (Phi) is 10.1. The molecule has 6 nitrogen and oxygen atoms in total. The van der Waals surface area contributed by atoms with Gasteiger partial charge in [0.1, 0.15) is 0 Å². The van der Waals surface area contributed by atoms with E-state index in [1.807, 2.05) is 48.3 Å². The Morgan fingerprint density at radius 1 is 0.968 bits per heavy atom. The molecule has 0 spiro atoms. The predicted molar refractivity (Wildman–Crippen MR) is 126 cm³/mol. The molecule has 1 fully saturated rings. The molecule has 2 aromatic carbocycles. The van der Waals surface area contributed by atoms with Crippen molar-refractivity contribution < 1.29 is 18.2 Å². The number of rotatable bonds is 3. The first-order valence-electron chi connectivity index (χ1n) is 10.3. The van der Waals surface area contributed by atoms with Crippen molar-refractivity contribution in [3.8, 4) is 0 Å². The van der Waals surface area contributed by atoms with Gasteiger partial charge in [0.2, 0.25) is 0 Å². The van der Waals surface area contributed by atoms with Crippen LogP contribution in [0.4, 0.5) is 0 Å². The maximum Gasteiger partial charge on any atom is 0.294 e. The highest BCUT2D eigenvalue weighted by Gasteiger charge is 2.41. The summed E-state index contributed by atoms with van der Waals surface area (Å²) in [6, 6.07) is 16.0. The lowest BCUT2D eigenvalue weighted by atomic mass is 9.82. The summed E-state index contributed by atoms with van der Waals surface area (Å²) in [5, 5.41) is 11.0.